The predicted molar refractivity (Wildman–Crippen MR) is 33.0 cm³/mol. The van der Waals surface area contributed by atoms with E-state index in [4.69, 9.17) is 11.1 Å². The number of alkyl halides is 1. The van der Waals surface area contributed by atoms with Crippen LogP contribution in [0.2, 0.25) is 0 Å². The van der Waals surface area contributed by atoms with Gasteiger partial charge in [-0.15, -0.1) is 0 Å². The van der Waals surface area contributed by atoms with Crippen molar-refractivity contribution < 1.29 is 4.39 Å². The molecule has 0 aromatic heterocycles. The Hall–Kier alpha value is -0.800. The number of nitrogens with zero attached hydrogens (tertiary/aromatic N) is 1. The van der Waals surface area contributed by atoms with Crippen molar-refractivity contribution in [1.29, 1.82) is 5.41 Å². The molecule has 0 saturated carbocycles. The van der Waals surface area contributed by atoms with Crippen LogP contribution in [0.5, 0.6) is 0 Å². The minimum Gasteiger partial charge on any atom is -0.370 e. The van der Waals surface area contributed by atoms with Gasteiger partial charge in [0.05, 0.1) is 6.54 Å². The maximum absolute atomic E-state index is 12.3. The Morgan fingerprint density at radius 3 is 2.67 bits per heavy atom. The highest BCUT2D eigenvalue weighted by molar-refractivity contribution is 5.74. The van der Waals surface area contributed by atoms with Crippen LogP contribution in [0.15, 0.2) is 0 Å². The smallest absolute Gasteiger partial charge is 0.188 e. The van der Waals surface area contributed by atoms with Crippen LogP contribution in [0, 0.1) is 5.41 Å². The lowest BCUT2D eigenvalue weighted by Crippen LogP contribution is -2.34. The first-order valence-electron chi connectivity index (χ1n) is 2.93. The number of hydrogen-bond acceptors (Lipinski definition) is 1. The first kappa shape index (κ1) is 6.32. The summed E-state index contributed by atoms with van der Waals surface area (Å²) in [5, 5.41) is 6.92. The third kappa shape index (κ3) is 1.31. The number of halogens is 1. The van der Waals surface area contributed by atoms with Gasteiger partial charge in [0, 0.05) is 6.54 Å². The van der Waals surface area contributed by atoms with Gasteiger partial charge in [0.15, 0.2) is 5.96 Å². The van der Waals surface area contributed by atoms with Gasteiger partial charge in [-0.2, -0.15) is 0 Å². The van der Waals surface area contributed by atoms with E-state index in [0.717, 1.165) is 0 Å². The summed E-state index contributed by atoms with van der Waals surface area (Å²) >= 11 is 0. The maximum Gasteiger partial charge on any atom is 0.188 e. The van der Waals surface area contributed by atoms with Gasteiger partial charge in [0.1, 0.15) is 6.17 Å². The molecule has 1 aliphatic heterocycles. The molecule has 3 nitrogen and oxygen atoms in total. The molecule has 1 aliphatic rings. The molecule has 9 heavy (non-hydrogen) atoms. The van der Waals surface area contributed by atoms with Gasteiger partial charge >= 0.3 is 0 Å². The standard InChI is InChI=1S/C5H10FN3/c6-4-1-2-9(3-4)5(7)8/h4H,1-3H2,(H3,7,8). The van der Waals surface area contributed by atoms with E-state index < -0.39 is 6.17 Å². The number of likely N-dealkylation sites (tertiary alicyclic amines) is 1. The van der Waals surface area contributed by atoms with E-state index in [1.54, 1.807) is 0 Å². The van der Waals surface area contributed by atoms with E-state index in [1.165, 1.54) is 4.90 Å². The van der Waals surface area contributed by atoms with E-state index in [0.29, 0.717) is 19.5 Å². The van der Waals surface area contributed by atoms with E-state index in [-0.39, 0.29) is 5.96 Å². The predicted octanol–water partition coefficient (Wildman–Crippen LogP) is -0.0763. The Balaban J connectivity index is 2.39. The van der Waals surface area contributed by atoms with Gasteiger partial charge in [-0.05, 0) is 6.42 Å². The van der Waals surface area contributed by atoms with Crippen molar-refractivity contribution in [2.45, 2.75) is 12.6 Å². The van der Waals surface area contributed by atoms with E-state index in [2.05, 4.69) is 0 Å². The molecule has 1 fully saturated rings. The van der Waals surface area contributed by atoms with Gasteiger partial charge in [-0.25, -0.2) is 4.39 Å². The SMILES string of the molecule is N=C(N)N1CCC(F)C1. The third-order valence-corrected chi connectivity index (χ3v) is 1.47. The quantitative estimate of drug-likeness (QED) is 0.357. The lowest BCUT2D eigenvalue weighted by molar-refractivity contribution is 0.341. The average Bonchev–Trinajstić information content (AvgIpc) is 2.14. The summed E-state index contributed by atoms with van der Waals surface area (Å²) in [6.07, 6.45) is -0.270. The van der Waals surface area contributed by atoms with Crippen molar-refractivity contribution in [2.75, 3.05) is 13.1 Å². The van der Waals surface area contributed by atoms with Crippen molar-refractivity contribution in [3.63, 3.8) is 0 Å². The van der Waals surface area contributed by atoms with Crippen molar-refractivity contribution in [2.24, 2.45) is 5.73 Å². The second-order valence-electron chi connectivity index (χ2n) is 2.22. The Bertz CT molecular complexity index is 125. The lowest BCUT2D eigenvalue weighted by atomic mass is 10.3. The fourth-order valence-electron chi connectivity index (χ4n) is 0.936. The number of nitrogens with one attached hydrogen (secondary N) is 1. The highest BCUT2D eigenvalue weighted by Crippen LogP contribution is 2.10. The molecule has 0 aliphatic carbocycles. The molecular formula is C5H10FN3. The Labute approximate surface area is 53.1 Å². The average molecular weight is 131 g/mol. The second-order valence-corrected chi connectivity index (χ2v) is 2.22. The Kier molecular flexibility index (Phi) is 1.55. The molecule has 1 heterocycles. The summed E-state index contributed by atoms with van der Waals surface area (Å²) in [4.78, 5) is 1.53. The molecule has 4 heteroatoms. The maximum atomic E-state index is 12.3. The number of rotatable bonds is 0. The summed E-state index contributed by atoms with van der Waals surface area (Å²) < 4.78 is 12.3. The fourth-order valence-corrected chi connectivity index (χ4v) is 0.936. The second kappa shape index (κ2) is 2.21. The van der Waals surface area contributed by atoms with Crippen LogP contribution in [0.4, 0.5) is 4.39 Å². The number of guanidine groups is 1. The summed E-state index contributed by atoms with van der Waals surface area (Å²) in [7, 11) is 0. The molecule has 1 rings (SSSR count). The van der Waals surface area contributed by atoms with Crippen LogP contribution in [0.1, 0.15) is 6.42 Å². The largest absolute Gasteiger partial charge is 0.370 e. The number of hydrogen-bond donors (Lipinski definition) is 2. The highest BCUT2D eigenvalue weighted by Gasteiger charge is 2.21. The summed E-state index contributed by atoms with van der Waals surface area (Å²) in [5.74, 6) is -0.0184. The van der Waals surface area contributed by atoms with Crippen molar-refractivity contribution in [3.05, 3.63) is 0 Å². The monoisotopic (exact) mass is 131 g/mol. The molecule has 1 saturated heterocycles. The number of nitrogens with two attached hydrogens (primary N) is 1. The van der Waals surface area contributed by atoms with Crippen LogP contribution >= 0.6 is 0 Å². The molecule has 0 radical (unpaired) electrons. The minimum absolute atomic E-state index is 0.0184. The Morgan fingerprint density at radius 1 is 1.78 bits per heavy atom. The van der Waals surface area contributed by atoms with Crippen molar-refractivity contribution in [1.82, 2.24) is 4.90 Å². The van der Waals surface area contributed by atoms with Crippen molar-refractivity contribution in [3.8, 4) is 0 Å². The summed E-state index contributed by atoms with van der Waals surface area (Å²) in [6, 6.07) is 0. The first-order valence-corrected chi connectivity index (χ1v) is 2.93. The van der Waals surface area contributed by atoms with E-state index >= 15 is 0 Å². The van der Waals surface area contributed by atoms with Crippen LogP contribution < -0.4 is 5.73 Å². The zero-order valence-corrected chi connectivity index (χ0v) is 5.10. The van der Waals surface area contributed by atoms with Gasteiger partial charge in [-0.1, -0.05) is 0 Å². The van der Waals surface area contributed by atoms with Gasteiger partial charge in [0.2, 0.25) is 0 Å². The van der Waals surface area contributed by atoms with Gasteiger partial charge in [0.25, 0.3) is 0 Å². The molecule has 0 spiro atoms. The molecule has 0 aromatic carbocycles. The molecule has 0 aromatic rings. The zero-order valence-electron chi connectivity index (χ0n) is 5.10. The molecule has 3 N–H and O–H groups in total. The molecule has 1 atom stereocenters. The topological polar surface area (TPSA) is 53.1 Å². The van der Waals surface area contributed by atoms with E-state index in [1.807, 2.05) is 0 Å². The third-order valence-electron chi connectivity index (χ3n) is 1.47. The first-order chi connectivity index (χ1) is 4.20. The Morgan fingerprint density at radius 2 is 2.44 bits per heavy atom. The zero-order chi connectivity index (χ0) is 6.85. The van der Waals surface area contributed by atoms with Crippen LogP contribution in [0.3, 0.4) is 0 Å². The van der Waals surface area contributed by atoms with Gasteiger partial charge in [-0.3, -0.25) is 5.41 Å². The minimum atomic E-state index is -0.783. The van der Waals surface area contributed by atoms with Crippen LogP contribution in [0.25, 0.3) is 0 Å². The molecule has 52 valence electrons. The lowest BCUT2D eigenvalue weighted by Gasteiger charge is -2.12. The molecule has 0 bridgehead atoms. The summed E-state index contributed by atoms with van der Waals surface area (Å²) in [6.45, 7) is 0.895. The van der Waals surface area contributed by atoms with Gasteiger partial charge < -0.3 is 10.6 Å². The van der Waals surface area contributed by atoms with Crippen LogP contribution in [-0.4, -0.2) is 30.1 Å². The van der Waals surface area contributed by atoms with E-state index in [9.17, 15) is 4.39 Å². The highest BCUT2D eigenvalue weighted by atomic mass is 19.1. The van der Waals surface area contributed by atoms with Crippen molar-refractivity contribution >= 4 is 5.96 Å². The normalized spacial score (nSPS) is 26.8. The summed E-state index contributed by atoms with van der Waals surface area (Å²) in [5.41, 5.74) is 5.10. The molecule has 1 unspecified atom stereocenters. The fraction of sp³-hybridized carbons (Fsp3) is 0.800. The van der Waals surface area contributed by atoms with Crippen LogP contribution in [-0.2, 0) is 0 Å². The molecular weight excluding hydrogens is 121 g/mol. The molecule has 0 amide bonds.